The van der Waals surface area contributed by atoms with E-state index in [1.807, 2.05) is 0 Å². The first kappa shape index (κ1) is 14.1. The van der Waals surface area contributed by atoms with Crippen molar-refractivity contribution in [2.45, 2.75) is 26.7 Å². The van der Waals surface area contributed by atoms with Gasteiger partial charge < -0.3 is 8.97 Å². The first-order valence-corrected chi connectivity index (χ1v) is 7.82. The maximum Gasteiger partial charge on any atom is 0.128 e. The van der Waals surface area contributed by atoms with Crippen LogP contribution in [0, 0.1) is 11.8 Å². The molecule has 1 saturated heterocycles. The van der Waals surface area contributed by atoms with Gasteiger partial charge in [-0.05, 0) is 26.7 Å². The Morgan fingerprint density at radius 1 is 1.06 bits per heavy atom. The molecule has 0 spiro atoms. The first-order valence-electron chi connectivity index (χ1n) is 7.82. The minimum atomic E-state index is 0.974. The second-order valence-corrected chi connectivity index (χ2v) is 7.15. The lowest BCUT2D eigenvalue weighted by molar-refractivity contribution is -0.958. The van der Waals surface area contributed by atoms with Crippen molar-refractivity contribution in [3.63, 3.8) is 0 Å². The molecule has 2 aliphatic rings. The standard InChI is InChI=1S/C16H32N2/c1-5-17(3,6-2)11-12-18(4)13-15-9-7-8-10-16(15)14-18/h7-8,15-16H,5-6,9-14H2,1-4H3/q+2/t15-,16-/m0/s1. The lowest BCUT2D eigenvalue weighted by Crippen LogP contribution is -2.53. The number of likely N-dealkylation sites (tertiary alicyclic amines) is 1. The van der Waals surface area contributed by atoms with Crippen LogP contribution in [0.4, 0.5) is 0 Å². The van der Waals surface area contributed by atoms with E-state index in [0.29, 0.717) is 0 Å². The van der Waals surface area contributed by atoms with Gasteiger partial charge in [0.05, 0.1) is 40.3 Å². The zero-order valence-electron chi connectivity index (χ0n) is 12.9. The van der Waals surface area contributed by atoms with Gasteiger partial charge in [0.25, 0.3) is 0 Å². The van der Waals surface area contributed by atoms with Gasteiger partial charge in [-0.25, -0.2) is 0 Å². The Morgan fingerprint density at radius 2 is 1.56 bits per heavy atom. The maximum absolute atomic E-state index is 2.49. The van der Waals surface area contributed by atoms with Crippen LogP contribution < -0.4 is 0 Å². The molecule has 2 nitrogen and oxygen atoms in total. The number of fused-ring (bicyclic) bond motifs is 1. The number of quaternary nitrogens is 2. The topological polar surface area (TPSA) is 0 Å². The Kier molecular flexibility index (Phi) is 4.18. The molecule has 1 aliphatic heterocycles. The molecule has 18 heavy (non-hydrogen) atoms. The predicted molar refractivity (Wildman–Crippen MR) is 78.3 cm³/mol. The minimum Gasteiger partial charge on any atom is -0.322 e. The van der Waals surface area contributed by atoms with Crippen molar-refractivity contribution < 1.29 is 8.97 Å². The zero-order valence-corrected chi connectivity index (χ0v) is 12.9. The van der Waals surface area contributed by atoms with Crippen LogP contribution in [0.25, 0.3) is 0 Å². The molecule has 0 aromatic carbocycles. The lowest BCUT2D eigenvalue weighted by Gasteiger charge is -2.37. The monoisotopic (exact) mass is 252 g/mol. The largest absolute Gasteiger partial charge is 0.322 e. The molecule has 0 aromatic heterocycles. The number of nitrogens with zero attached hydrogens (tertiary/aromatic N) is 2. The molecule has 1 aliphatic carbocycles. The van der Waals surface area contributed by atoms with E-state index >= 15 is 0 Å². The second-order valence-electron chi connectivity index (χ2n) is 7.15. The van der Waals surface area contributed by atoms with Crippen LogP contribution in [-0.2, 0) is 0 Å². The van der Waals surface area contributed by atoms with Crippen molar-refractivity contribution in [2.24, 2.45) is 11.8 Å². The molecule has 2 atom stereocenters. The summed E-state index contributed by atoms with van der Waals surface area (Å²) in [6, 6.07) is 0. The lowest BCUT2D eigenvalue weighted by atomic mass is 9.86. The summed E-state index contributed by atoms with van der Waals surface area (Å²) in [5.74, 6) is 1.95. The van der Waals surface area contributed by atoms with Gasteiger partial charge in [-0.15, -0.1) is 0 Å². The van der Waals surface area contributed by atoms with Crippen LogP contribution >= 0.6 is 0 Å². The Bertz CT molecular complexity index is 288. The molecule has 0 radical (unpaired) electrons. The van der Waals surface area contributed by atoms with Gasteiger partial charge in [-0.3, -0.25) is 0 Å². The number of hydrogen-bond acceptors (Lipinski definition) is 0. The van der Waals surface area contributed by atoms with E-state index in [2.05, 4.69) is 40.1 Å². The number of allylic oxidation sites excluding steroid dienone is 2. The fourth-order valence-electron chi connectivity index (χ4n) is 3.79. The van der Waals surface area contributed by atoms with Gasteiger partial charge in [0.2, 0.25) is 0 Å². The van der Waals surface area contributed by atoms with Gasteiger partial charge in [0, 0.05) is 11.8 Å². The predicted octanol–water partition coefficient (Wildman–Crippen LogP) is 2.52. The maximum atomic E-state index is 2.49. The average molecular weight is 252 g/mol. The van der Waals surface area contributed by atoms with E-state index in [9.17, 15) is 0 Å². The highest BCUT2D eigenvalue weighted by Gasteiger charge is 2.43. The van der Waals surface area contributed by atoms with Crippen molar-refractivity contribution >= 4 is 0 Å². The molecule has 1 fully saturated rings. The summed E-state index contributed by atoms with van der Waals surface area (Å²) in [5, 5.41) is 0. The summed E-state index contributed by atoms with van der Waals surface area (Å²) in [6.07, 6.45) is 7.50. The Labute approximate surface area is 113 Å². The van der Waals surface area contributed by atoms with E-state index in [-0.39, 0.29) is 0 Å². The van der Waals surface area contributed by atoms with Crippen molar-refractivity contribution in [1.82, 2.24) is 0 Å². The van der Waals surface area contributed by atoms with E-state index in [1.165, 1.54) is 61.1 Å². The Balaban J connectivity index is 1.90. The van der Waals surface area contributed by atoms with Gasteiger partial charge in [0.1, 0.15) is 13.1 Å². The first-order chi connectivity index (χ1) is 8.50. The number of hydrogen-bond donors (Lipinski definition) is 0. The summed E-state index contributed by atoms with van der Waals surface area (Å²) in [4.78, 5) is 0. The fraction of sp³-hybridized carbons (Fsp3) is 0.875. The van der Waals surface area contributed by atoms with Crippen LogP contribution in [0.1, 0.15) is 26.7 Å². The summed E-state index contributed by atoms with van der Waals surface area (Å²) in [7, 11) is 4.91. The third-order valence-electron chi connectivity index (χ3n) is 5.77. The quantitative estimate of drug-likeness (QED) is 0.521. The molecule has 0 unspecified atom stereocenters. The summed E-state index contributed by atoms with van der Waals surface area (Å²) in [6.45, 7) is 12.7. The van der Waals surface area contributed by atoms with Gasteiger partial charge in [0.15, 0.2) is 0 Å². The molecule has 1 heterocycles. The van der Waals surface area contributed by atoms with Gasteiger partial charge in [-0.1, -0.05) is 12.2 Å². The van der Waals surface area contributed by atoms with E-state index in [1.54, 1.807) is 0 Å². The second kappa shape index (κ2) is 5.34. The molecule has 0 N–H and O–H groups in total. The minimum absolute atomic E-state index is 0.974. The van der Waals surface area contributed by atoms with Crippen LogP contribution in [0.5, 0.6) is 0 Å². The van der Waals surface area contributed by atoms with E-state index in [4.69, 9.17) is 0 Å². The Morgan fingerprint density at radius 3 is 2.00 bits per heavy atom. The summed E-state index contributed by atoms with van der Waals surface area (Å²) < 4.78 is 2.56. The molecular formula is C16H32N2+2. The summed E-state index contributed by atoms with van der Waals surface area (Å²) >= 11 is 0. The van der Waals surface area contributed by atoms with Crippen molar-refractivity contribution in [2.75, 3.05) is 53.4 Å². The molecule has 0 aromatic rings. The van der Waals surface area contributed by atoms with Crippen molar-refractivity contribution in [3.8, 4) is 0 Å². The third kappa shape index (κ3) is 2.97. The average Bonchev–Trinajstić information content (AvgIpc) is 2.73. The molecule has 0 bridgehead atoms. The zero-order chi connectivity index (χ0) is 13.2. The third-order valence-corrected chi connectivity index (χ3v) is 5.77. The van der Waals surface area contributed by atoms with Crippen LogP contribution in [0.15, 0.2) is 12.2 Å². The highest BCUT2D eigenvalue weighted by Crippen LogP contribution is 2.36. The molecule has 2 rings (SSSR count). The van der Waals surface area contributed by atoms with Gasteiger partial charge in [-0.2, -0.15) is 0 Å². The number of likely N-dealkylation sites (N-methyl/N-ethyl adjacent to an activating group) is 2. The number of rotatable bonds is 5. The van der Waals surface area contributed by atoms with Crippen LogP contribution in [0.3, 0.4) is 0 Å². The van der Waals surface area contributed by atoms with Gasteiger partial charge >= 0.3 is 0 Å². The van der Waals surface area contributed by atoms with Crippen molar-refractivity contribution in [3.05, 3.63) is 12.2 Å². The highest BCUT2D eigenvalue weighted by molar-refractivity contribution is 4.96. The Hall–Kier alpha value is -0.340. The molecule has 2 heteroatoms. The van der Waals surface area contributed by atoms with Crippen LogP contribution in [-0.4, -0.2) is 62.3 Å². The van der Waals surface area contributed by atoms with E-state index < -0.39 is 0 Å². The smallest absolute Gasteiger partial charge is 0.128 e. The normalized spacial score (nSPS) is 30.4. The van der Waals surface area contributed by atoms with Crippen molar-refractivity contribution in [1.29, 1.82) is 0 Å². The van der Waals surface area contributed by atoms with Crippen LogP contribution in [0.2, 0.25) is 0 Å². The molecule has 104 valence electrons. The van der Waals surface area contributed by atoms with E-state index in [0.717, 1.165) is 11.8 Å². The fourth-order valence-corrected chi connectivity index (χ4v) is 3.79. The summed E-state index contributed by atoms with van der Waals surface area (Å²) in [5.41, 5.74) is 0. The molecular weight excluding hydrogens is 220 g/mol. The SMILES string of the molecule is CC[N+](C)(CC)CC[N+]1(C)C[C@@H]2CC=CC[C@H]2C1. The molecule has 0 amide bonds. The highest BCUT2D eigenvalue weighted by atomic mass is 15.4. The molecule has 0 saturated carbocycles.